The molecule has 17 heteroatoms. The molecule has 0 bridgehead atoms. The monoisotopic (exact) mass is 848 g/mol. The van der Waals surface area contributed by atoms with Gasteiger partial charge < -0.3 is 24.4 Å². The topological polar surface area (TPSA) is 133 Å². The van der Waals surface area contributed by atoms with Gasteiger partial charge in [-0.15, -0.1) is 11.3 Å². The van der Waals surface area contributed by atoms with E-state index in [0.717, 1.165) is 41.1 Å². The first-order valence-corrected chi connectivity index (χ1v) is 20.7. The Hall–Kier alpha value is -4.85. The third-order valence-electron chi connectivity index (χ3n) is 12.2. The number of thiophene rings is 1. The number of carboxylic acids is 1. The summed E-state index contributed by atoms with van der Waals surface area (Å²) in [6.45, 7) is 3.55. The van der Waals surface area contributed by atoms with Crippen LogP contribution in [-0.4, -0.2) is 75.1 Å². The van der Waals surface area contributed by atoms with Gasteiger partial charge in [0.15, 0.2) is 0 Å². The molecule has 3 aliphatic rings. The fourth-order valence-electron chi connectivity index (χ4n) is 8.77. The number of carbonyl (C=O) groups excluding carboxylic acids is 2. The van der Waals surface area contributed by atoms with Crippen LogP contribution in [0.5, 0.6) is 11.5 Å². The number of pyridine rings is 1. The molecule has 1 aromatic carbocycles. The highest BCUT2D eigenvalue weighted by Crippen LogP contribution is 2.47. The van der Waals surface area contributed by atoms with Gasteiger partial charge in [-0.05, 0) is 76.5 Å². The molecule has 1 saturated carbocycles. The molecule has 318 valence electrons. The van der Waals surface area contributed by atoms with Crippen molar-refractivity contribution in [3.63, 3.8) is 0 Å². The van der Waals surface area contributed by atoms with Crippen LogP contribution in [0.25, 0.3) is 0 Å². The van der Waals surface area contributed by atoms with E-state index in [9.17, 15) is 46.3 Å². The summed E-state index contributed by atoms with van der Waals surface area (Å²) in [4.78, 5) is 46.5. The number of halogens is 6. The first-order chi connectivity index (χ1) is 27.9. The van der Waals surface area contributed by atoms with E-state index in [4.69, 9.17) is 9.47 Å². The van der Waals surface area contributed by atoms with Crippen LogP contribution in [-0.2, 0) is 27.4 Å². The van der Waals surface area contributed by atoms with Crippen LogP contribution in [0, 0.1) is 16.7 Å². The van der Waals surface area contributed by atoms with Crippen molar-refractivity contribution >= 4 is 29.1 Å². The minimum absolute atomic E-state index is 0.00517. The highest BCUT2D eigenvalue weighted by Gasteiger charge is 2.57. The van der Waals surface area contributed by atoms with Gasteiger partial charge in [0.2, 0.25) is 5.60 Å². The molecule has 3 aromatic rings. The molecule has 2 aromatic heterocycles. The minimum atomic E-state index is -4.93. The molecule has 1 aliphatic carbocycles. The summed E-state index contributed by atoms with van der Waals surface area (Å²) < 4.78 is 96.3. The average molecular weight is 849 g/mol. The molecule has 0 radical (unpaired) electrons. The van der Waals surface area contributed by atoms with Crippen molar-refractivity contribution in [2.75, 3.05) is 19.6 Å². The highest BCUT2D eigenvalue weighted by molar-refractivity contribution is 7.10. The van der Waals surface area contributed by atoms with Gasteiger partial charge in [-0.1, -0.05) is 38.0 Å². The van der Waals surface area contributed by atoms with Crippen LogP contribution in [0.4, 0.5) is 26.3 Å². The minimum Gasteiger partial charge on any atom is -0.490 e. The molecule has 2 aliphatic heterocycles. The van der Waals surface area contributed by atoms with Gasteiger partial charge in [0.25, 0.3) is 11.8 Å². The smallest absolute Gasteiger partial charge is 0.425 e. The van der Waals surface area contributed by atoms with Gasteiger partial charge in [0, 0.05) is 49.3 Å². The van der Waals surface area contributed by atoms with Crippen LogP contribution >= 0.6 is 11.3 Å². The van der Waals surface area contributed by atoms with Crippen molar-refractivity contribution in [1.29, 1.82) is 5.26 Å². The number of amides is 2. The lowest BCUT2D eigenvalue weighted by Gasteiger charge is -2.51. The van der Waals surface area contributed by atoms with E-state index in [0.29, 0.717) is 54.8 Å². The largest absolute Gasteiger partial charge is 0.490 e. The third-order valence-corrected chi connectivity index (χ3v) is 13.1. The Kier molecular flexibility index (Phi) is 12.6. The van der Waals surface area contributed by atoms with E-state index in [1.807, 2.05) is 6.92 Å². The van der Waals surface area contributed by atoms with Gasteiger partial charge in [-0.2, -0.15) is 31.6 Å². The molecule has 59 heavy (non-hydrogen) atoms. The quantitative estimate of drug-likeness (QED) is 0.168. The number of nitriles is 1. The summed E-state index contributed by atoms with van der Waals surface area (Å²) >= 11 is 0.365. The summed E-state index contributed by atoms with van der Waals surface area (Å²) in [7, 11) is 0. The average Bonchev–Trinajstić information content (AvgIpc) is 3.67. The standard InChI is InChI=1S/C42H46F6N4O6S/c1-3-9-32-40(58-28-24-33(59-25-28)42(46,47)48,16-8-21-52(32)35(53)34-30(41(43,44)45)11-6-20-50-34)36(54)51-22-18-39(26-49,19-23-51)29-10-4-5-12-31(29)57-27(2)13-17-38(37(55)56)14-7-15-38/h4-6,10-12,20,24-25,27,32H,3,7-9,13-19,21-23H2,1-2H3,(H,55,56)/t27?,32-,40+/m1/s1. The Balaban J connectivity index is 1.29. The predicted molar refractivity (Wildman–Crippen MR) is 204 cm³/mol. The number of nitrogens with zero attached hydrogens (tertiary/aromatic N) is 4. The molecular weight excluding hydrogens is 803 g/mol. The van der Waals surface area contributed by atoms with Gasteiger partial charge in [0.1, 0.15) is 22.1 Å². The third kappa shape index (κ3) is 8.74. The zero-order valence-electron chi connectivity index (χ0n) is 32.7. The van der Waals surface area contributed by atoms with Crippen LogP contribution in [0.15, 0.2) is 54.0 Å². The molecule has 0 spiro atoms. The Morgan fingerprint density at radius 1 is 1.00 bits per heavy atom. The van der Waals surface area contributed by atoms with Crippen LogP contribution < -0.4 is 9.47 Å². The van der Waals surface area contributed by atoms with Crippen molar-refractivity contribution < 1.29 is 55.3 Å². The zero-order chi connectivity index (χ0) is 42.8. The molecule has 6 rings (SSSR count). The maximum Gasteiger partial charge on any atom is 0.425 e. The van der Waals surface area contributed by atoms with Crippen LogP contribution in [0.3, 0.4) is 0 Å². The predicted octanol–water partition coefficient (Wildman–Crippen LogP) is 9.29. The van der Waals surface area contributed by atoms with Crippen molar-refractivity contribution in [3.8, 4) is 17.6 Å². The highest BCUT2D eigenvalue weighted by atomic mass is 32.1. The Morgan fingerprint density at radius 2 is 1.71 bits per heavy atom. The number of ether oxygens (including phenoxy) is 2. The summed E-state index contributed by atoms with van der Waals surface area (Å²) in [6.07, 6.45) is -5.25. The van der Waals surface area contributed by atoms with Gasteiger partial charge >= 0.3 is 18.3 Å². The summed E-state index contributed by atoms with van der Waals surface area (Å²) in [5.41, 5.74) is -5.42. The lowest BCUT2D eigenvalue weighted by atomic mass is 9.66. The number of rotatable bonds is 13. The molecule has 3 fully saturated rings. The Labute approximate surface area is 342 Å². The van der Waals surface area contributed by atoms with E-state index in [1.165, 1.54) is 4.90 Å². The first-order valence-electron chi connectivity index (χ1n) is 19.8. The fraction of sp³-hybridized carbons (Fsp3) is 0.548. The van der Waals surface area contributed by atoms with Crippen molar-refractivity contribution in [1.82, 2.24) is 14.8 Å². The summed E-state index contributed by atoms with van der Waals surface area (Å²) in [5.74, 6) is -2.37. The van der Waals surface area contributed by atoms with Crippen molar-refractivity contribution in [2.45, 2.75) is 120 Å². The number of alkyl halides is 6. The Morgan fingerprint density at radius 3 is 2.31 bits per heavy atom. The molecule has 1 N–H and O–H groups in total. The van der Waals surface area contributed by atoms with Gasteiger partial charge in [0.05, 0.1) is 34.6 Å². The second-order valence-corrected chi connectivity index (χ2v) is 16.7. The van der Waals surface area contributed by atoms with E-state index in [2.05, 4.69) is 11.1 Å². The molecule has 2 amide bonds. The number of likely N-dealkylation sites (tertiary alicyclic amines) is 2. The lowest BCUT2D eigenvalue weighted by Crippen LogP contribution is -2.68. The van der Waals surface area contributed by atoms with Crippen LogP contribution in [0.1, 0.15) is 111 Å². The number of carbonyl (C=O) groups is 3. The van der Waals surface area contributed by atoms with E-state index in [-0.39, 0.29) is 63.6 Å². The normalized spacial score (nSPS) is 22.1. The summed E-state index contributed by atoms with van der Waals surface area (Å²) in [6, 6.07) is 10.9. The molecule has 3 atom stereocenters. The van der Waals surface area contributed by atoms with E-state index in [1.54, 1.807) is 31.2 Å². The number of aliphatic carboxylic acids is 1. The van der Waals surface area contributed by atoms with E-state index < -0.39 is 68.7 Å². The Bertz CT molecular complexity index is 2050. The summed E-state index contributed by atoms with van der Waals surface area (Å²) in [5, 5.41) is 21.6. The first kappa shape index (κ1) is 43.7. The molecule has 4 heterocycles. The molecule has 1 unspecified atom stereocenters. The molecule has 10 nitrogen and oxygen atoms in total. The van der Waals surface area contributed by atoms with Gasteiger partial charge in [-0.25, -0.2) is 0 Å². The molecular formula is C42H46F6N4O6S. The van der Waals surface area contributed by atoms with Crippen LogP contribution in [0.2, 0.25) is 0 Å². The number of benzene rings is 1. The van der Waals surface area contributed by atoms with Crippen molar-refractivity contribution in [2.24, 2.45) is 5.41 Å². The van der Waals surface area contributed by atoms with Gasteiger partial charge in [-0.3, -0.25) is 19.4 Å². The number of piperidine rings is 2. The number of hydrogen-bond donors (Lipinski definition) is 1. The SMILES string of the molecule is CCC[C@H]1N(C(=O)c2ncccc2C(F)(F)F)CCC[C@@]1(Oc1csc(C(F)(F)F)c1)C(=O)N1CCC(C#N)(c2ccccc2OC(C)CCC2(C(=O)O)CCC2)CC1. The lowest BCUT2D eigenvalue weighted by molar-refractivity contribution is -0.160. The number of para-hydroxylation sites is 1. The molecule has 2 saturated heterocycles. The maximum atomic E-state index is 15.1. The second-order valence-electron chi connectivity index (χ2n) is 15.8. The fourth-order valence-corrected chi connectivity index (χ4v) is 9.45. The zero-order valence-corrected chi connectivity index (χ0v) is 33.5. The van der Waals surface area contributed by atoms with Crippen molar-refractivity contribution in [3.05, 3.63) is 75.7 Å². The number of hydrogen-bond acceptors (Lipinski definition) is 8. The number of aromatic nitrogens is 1. The van der Waals surface area contributed by atoms with E-state index >= 15 is 4.79 Å². The number of carboxylic acid groups (broad SMARTS) is 1. The maximum absolute atomic E-state index is 15.1. The second kappa shape index (κ2) is 17.0.